The van der Waals surface area contributed by atoms with Gasteiger partial charge in [0.25, 0.3) is 5.91 Å². The average molecular weight is 254 g/mol. The van der Waals surface area contributed by atoms with Crippen LogP contribution >= 0.6 is 11.8 Å². The third-order valence-corrected chi connectivity index (χ3v) is 4.21. The number of benzene rings is 1. The number of nitrogens with two attached hydrogens (primary N) is 1. The van der Waals surface area contributed by atoms with Crippen molar-refractivity contribution >= 4 is 23.4 Å². The van der Waals surface area contributed by atoms with E-state index in [-0.39, 0.29) is 17.2 Å². The Labute approximate surface area is 104 Å². The number of hydrogen-bond acceptors (Lipinski definition) is 3. The number of carbonyl (C=O) groups is 1. The number of halogens is 1. The first-order valence-electron chi connectivity index (χ1n) is 5.62. The number of para-hydroxylation sites is 1. The fraction of sp³-hybridized carbons (Fsp3) is 0.417. The number of carbonyl (C=O) groups excluding carboxylic acids is 1. The van der Waals surface area contributed by atoms with E-state index in [1.165, 1.54) is 24.6 Å². The van der Waals surface area contributed by atoms with Crippen molar-refractivity contribution in [2.24, 2.45) is 0 Å². The van der Waals surface area contributed by atoms with Gasteiger partial charge in [0, 0.05) is 11.8 Å². The minimum atomic E-state index is -0.548. The smallest absolute Gasteiger partial charge is 0.253 e. The Morgan fingerprint density at radius 2 is 2.41 bits per heavy atom. The number of anilines is 1. The Morgan fingerprint density at radius 3 is 3.12 bits per heavy atom. The number of thioether (sulfide) groups is 1. The normalized spacial score (nSPS) is 19.2. The second-order valence-corrected chi connectivity index (χ2v) is 5.45. The van der Waals surface area contributed by atoms with Crippen LogP contribution in [-0.2, 0) is 0 Å². The highest BCUT2D eigenvalue weighted by atomic mass is 32.2. The van der Waals surface area contributed by atoms with Crippen molar-refractivity contribution in [3.05, 3.63) is 29.6 Å². The third kappa shape index (κ3) is 2.91. The first kappa shape index (κ1) is 12.2. The van der Waals surface area contributed by atoms with E-state index < -0.39 is 5.82 Å². The monoisotopic (exact) mass is 254 g/mol. The molecule has 2 rings (SSSR count). The molecule has 0 spiro atoms. The molecule has 5 heteroatoms. The lowest BCUT2D eigenvalue weighted by atomic mass is 10.1. The highest BCUT2D eigenvalue weighted by Crippen LogP contribution is 2.25. The lowest BCUT2D eigenvalue weighted by Gasteiger charge is -2.11. The first-order valence-corrected chi connectivity index (χ1v) is 6.67. The molecule has 3 nitrogen and oxygen atoms in total. The Hall–Kier alpha value is -1.23. The van der Waals surface area contributed by atoms with Crippen LogP contribution in [0.3, 0.4) is 0 Å². The summed E-state index contributed by atoms with van der Waals surface area (Å²) in [5, 5.41) is 3.28. The average Bonchev–Trinajstić information content (AvgIpc) is 2.82. The molecule has 1 aliphatic heterocycles. The van der Waals surface area contributed by atoms with E-state index in [1.54, 1.807) is 0 Å². The SMILES string of the molecule is Nc1c(F)cccc1C(=O)NCC1CCCS1. The van der Waals surface area contributed by atoms with Crippen molar-refractivity contribution in [2.75, 3.05) is 18.0 Å². The molecular formula is C12H15FN2OS. The summed E-state index contributed by atoms with van der Waals surface area (Å²) in [5.41, 5.74) is 5.66. The molecule has 17 heavy (non-hydrogen) atoms. The van der Waals surface area contributed by atoms with Gasteiger partial charge in [-0.3, -0.25) is 4.79 Å². The van der Waals surface area contributed by atoms with Crippen LogP contribution in [0.5, 0.6) is 0 Å². The maximum absolute atomic E-state index is 13.2. The Balaban J connectivity index is 1.97. The molecule has 1 heterocycles. The van der Waals surface area contributed by atoms with Gasteiger partial charge >= 0.3 is 0 Å². The van der Waals surface area contributed by atoms with Gasteiger partial charge in [-0.15, -0.1) is 0 Å². The van der Waals surface area contributed by atoms with Crippen LogP contribution in [0.4, 0.5) is 10.1 Å². The molecule has 0 aromatic heterocycles. The van der Waals surface area contributed by atoms with Gasteiger partial charge in [-0.05, 0) is 30.7 Å². The second kappa shape index (κ2) is 5.40. The zero-order valence-electron chi connectivity index (χ0n) is 9.41. The predicted molar refractivity (Wildman–Crippen MR) is 68.6 cm³/mol. The molecule has 1 aliphatic rings. The van der Waals surface area contributed by atoms with Gasteiger partial charge in [0.1, 0.15) is 5.82 Å². The molecule has 1 aromatic carbocycles. The van der Waals surface area contributed by atoms with E-state index in [0.717, 1.165) is 12.2 Å². The van der Waals surface area contributed by atoms with Gasteiger partial charge in [-0.2, -0.15) is 11.8 Å². The standard InChI is InChI=1S/C12H15FN2OS/c13-10-5-1-4-9(11(10)14)12(16)15-7-8-3-2-6-17-8/h1,4-5,8H,2-3,6-7,14H2,(H,15,16). The van der Waals surface area contributed by atoms with Crippen LogP contribution in [-0.4, -0.2) is 23.5 Å². The van der Waals surface area contributed by atoms with Crippen molar-refractivity contribution in [1.29, 1.82) is 0 Å². The maximum atomic E-state index is 13.2. The highest BCUT2D eigenvalue weighted by Gasteiger charge is 2.18. The molecule has 0 aliphatic carbocycles. The molecule has 3 N–H and O–H groups in total. The lowest BCUT2D eigenvalue weighted by Crippen LogP contribution is -2.30. The fourth-order valence-corrected chi connectivity index (χ4v) is 3.04. The minimum Gasteiger partial charge on any atom is -0.396 e. The van der Waals surface area contributed by atoms with Gasteiger partial charge in [-0.25, -0.2) is 4.39 Å². The molecule has 1 atom stereocenters. The van der Waals surface area contributed by atoms with Crippen LogP contribution in [0.25, 0.3) is 0 Å². The Morgan fingerprint density at radius 1 is 1.59 bits per heavy atom. The van der Waals surface area contributed by atoms with Gasteiger partial charge < -0.3 is 11.1 Å². The van der Waals surface area contributed by atoms with Crippen LogP contribution in [0.1, 0.15) is 23.2 Å². The molecule has 1 unspecified atom stereocenters. The van der Waals surface area contributed by atoms with E-state index >= 15 is 0 Å². The zero-order chi connectivity index (χ0) is 12.3. The molecule has 1 aromatic rings. The van der Waals surface area contributed by atoms with Crippen molar-refractivity contribution in [3.63, 3.8) is 0 Å². The number of amides is 1. The van der Waals surface area contributed by atoms with Crippen LogP contribution in [0.15, 0.2) is 18.2 Å². The number of nitrogen functional groups attached to an aromatic ring is 1. The van der Waals surface area contributed by atoms with Gasteiger partial charge in [0.2, 0.25) is 0 Å². The first-order chi connectivity index (χ1) is 8.18. The molecule has 0 bridgehead atoms. The summed E-state index contributed by atoms with van der Waals surface area (Å²) in [6.45, 7) is 0.624. The van der Waals surface area contributed by atoms with Gasteiger partial charge in [0.15, 0.2) is 0 Å². The minimum absolute atomic E-state index is 0.0796. The summed E-state index contributed by atoms with van der Waals surface area (Å²) >= 11 is 1.87. The van der Waals surface area contributed by atoms with Gasteiger partial charge in [-0.1, -0.05) is 6.07 Å². The van der Waals surface area contributed by atoms with Crippen molar-refractivity contribution in [3.8, 4) is 0 Å². The molecule has 0 radical (unpaired) electrons. The molecule has 0 saturated carbocycles. The lowest BCUT2D eigenvalue weighted by molar-refractivity contribution is 0.0954. The largest absolute Gasteiger partial charge is 0.396 e. The summed E-state index contributed by atoms with van der Waals surface area (Å²) in [4.78, 5) is 11.8. The fourth-order valence-electron chi connectivity index (χ4n) is 1.84. The highest BCUT2D eigenvalue weighted by molar-refractivity contribution is 8.00. The summed E-state index contributed by atoms with van der Waals surface area (Å²) in [5.74, 6) is 0.310. The number of nitrogens with one attached hydrogen (secondary N) is 1. The number of rotatable bonds is 3. The summed E-state index contributed by atoms with van der Waals surface area (Å²) in [6.07, 6.45) is 2.33. The van der Waals surface area contributed by atoms with E-state index in [1.807, 2.05) is 11.8 Å². The Kier molecular flexibility index (Phi) is 3.89. The number of hydrogen-bond donors (Lipinski definition) is 2. The zero-order valence-corrected chi connectivity index (χ0v) is 10.2. The summed E-state index contributed by atoms with van der Waals surface area (Å²) in [7, 11) is 0. The van der Waals surface area contributed by atoms with Crippen molar-refractivity contribution in [2.45, 2.75) is 18.1 Å². The van der Waals surface area contributed by atoms with Crippen LogP contribution < -0.4 is 11.1 Å². The van der Waals surface area contributed by atoms with Crippen LogP contribution in [0, 0.1) is 5.82 Å². The van der Waals surface area contributed by atoms with E-state index in [4.69, 9.17) is 5.73 Å². The van der Waals surface area contributed by atoms with Crippen LogP contribution in [0.2, 0.25) is 0 Å². The molecule has 1 fully saturated rings. The molecule has 1 saturated heterocycles. The van der Waals surface area contributed by atoms with E-state index in [0.29, 0.717) is 11.8 Å². The van der Waals surface area contributed by atoms with Crippen molar-refractivity contribution in [1.82, 2.24) is 5.32 Å². The summed E-state index contributed by atoms with van der Waals surface area (Å²) < 4.78 is 13.2. The molecule has 92 valence electrons. The van der Waals surface area contributed by atoms with E-state index in [9.17, 15) is 9.18 Å². The third-order valence-electron chi connectivity index (χ3n) is 2.81. The predicted octanol–water partition coefficient (Wildman–Crippen LogP) is 2.03. The quantitative estimate of drug-likeness (QED) is 0.812. The van der Waals surface area contributed by atoms with E-state index in [2.05, 4.69) is 5.32 Å². The van der Waals surface area contributed by atoms with Crippen molar-refractivity contribution < 1.29 is 9.18 Å². The summed E-state index contributed by atoms with van der Waals surface area (Å²) in [6, 6.07) is 4.28. The molecule has 1 amide bonds. The topological polar surface area (TPSA) is 55.1 Å². The Bertz CT molecular complexity index is 419. The van der Waals surface area contributed by atoms with Gasteiger partial charge in [0.05, 0.1) is 11.3 Å². The second-order valence-electron chi connectivity index (χ2n) is 4.05. The maximum Gasteiger partial charge on any atom is 0.253 e. The molecular weight excluding hydrogens is 239 g/mol.